The first kappa shape index (κ1) is 19.7. The summed E-state index contributed by atoms with van der Waals surface area (Å²) in [4.78, 5) is 12.1. The lowest BCUT2D eigenvalue weighted by molar-refractivity contribution is -0.118. The lowest BCUT2D eigenvalue weighted by Crippen LogP contribution is -2.20. The first-order valence-electron chi connectivity index (χ1n) is 6.73. The van der Waals surface area contributed by atoms with Gasteiger partial charge >= 0.3 is 0 Å². The molecular weight excluding hydrogens is 460 g/mol. The Kier molecular flexibility index (Phi) is 6.68. The number of rotatable bonds is 4. The van der Waals surface area contributed by atoms with E-state index in [4.69, 9.17) is 51.1 Å². The fourth-order valence-electron chi connectivity index (χ4n) is 1.95. The van der Waals surface area contributed by atoms with Crippen LogP contribution >= 0.6 is 62.3 Å². The van der Waals surface area contributed by atoms with E-state index in [9.17, 15) is 4.79 Å². The molecule has 0 aliphatic heterocycles. The topological polar surface area (TPSA) is 38.3 Å². The molecule has 0 saturated heterocycles. The zero-order chi connectivity index (χ0) is 18.0. The zero-order valence-corrected chi connectivity index (χ0v) is 17.3. The van der Waals surface area contributed by atoms with E-state index in [-0.39, 0.29) is 22.4 Å². The summed E-state index contributed by atoms with van der Waals surface area (Å²) >= 11 is 27.9. The lowest BCUT2D eigenvalue weighted by atomic mass is 10.1. The van der Waals surface area contributed by atoms with Crippen LogP contribution in [0.25, 0.3) is 0 Å². The van der Waals surface area contributed by atoms with Crippen molar-refractivity contribution in [3.8, 4) is 5.75 Å². The third-order valence-electron chi connectivity index (χ3n) is 3.27. The Labute approximate surface area is 168 Å². The van der Waals surface area contributed by atoms with E-state index in [0.29, 0.717) is 26.9 Å². The molecule has 8 heteroatoms. The number of ether oxygens (including phenoxy) is 1. The molecule has 0 aromatic heterocycles. The SMILES string of the molecule is Cc1c(Cl)c(C)c(Cl)c(OCC(=O)Nc2ccc(Br)cc2Cl)c1Cl. The molecule has 0 aliphatic carbocycles. The third kappa shape index (κ3) is 4.30. The fourth-order valence-corrected chi connectivity index (χ4v) is 3.49. The first-order chi connectivity index (χ1) is 11.2. The van der Waals surface area contributed by atoms with Gasteiger partial charge in [-0.25, -0.2) is 0 Å². The van der Waals surface area contributed by atoms with Crippen LogP contribution in [0.4, 0.5) is 5.69 Å². The Hall–Kier alpha value is -0.650. The number of hydrogen-bond acceptors (Lipinski definition) is 2. The summed E-state index contributed by atoms with van der Waals surface area (Å²) in [6, 6.07) is 5.13. The van der Waals surface area contributed by atoms with Crippen LogP contribution in [0.1, 0.15) is 11.1 Å². The van der Waals surface area contributed by atoms with Crippen LogP contribution in [0.2, 0.25) is 20.1 Å². The van der Waals surface area contributed by atoms with E-state index >= 15 is 0 Å². The number of anilines is 1. The predicted octanol–water partition coefficient (Wildman–Crippen LogP) is 6.70. The standard InChI is InChI=1S/C16H12BrCl4NO2/c1-7-13(19)8(2)15(21)16(14(7)20)24-6-12(23)22-11-4-3-9(17)5-10(11)18/h3-5H,6H2,1-2H3,(H,22,23). The summed E-state index contributed by atoms with van der Waals surface area (Å²) in [5.41, 5.74) is 1.77. The van der Waals surface area contributed by atoms with Gasteiger partial charge in [-0.1, -0.05) is 62.3 Å². The van der Waals surface area contributed by atoms with E-state index < -0.39 is 5.91 Å². The molecule has 24 heavy (non-hydrogen) atoms. The minimum Gasteiger partial charge on any atom is -0.481 e. The molecule has 3 nitrogen and oxygen atoms in total. The highest BCUT2D eigenvalue weighted by atomic mass is 79.9. The largest absolute Gasteiger partial charge is 0.481 e. The Morgan fingerprint density at radius 3 is 2.21 bits per heavy atom. The Morgan fingerprint density at radius 1 is 1.08 bits per heavy atom. The van der Waals surface area contributed by atoms with Gasteiger partial charge in [0.2, 0.25) is 0 Å². The van der Waals surface area contributed by atoms with E-state index in [1.807, 2.05) is 0 Å². The highest BCUT2D eigenvalue weighted by molar-refractivity contribution is 9.10. The Balaban J connectivity index is 2.12. The molecule has 0 radical (unpaired) electrons. The first-order valence-corrected chi connectivity index (χ1v) is 9.04. The number of benzene rings is 2. The molecule has 2 rings (SSSR count). The summed E-state index contributed by atoms with van der Waals surface area (Å²) in [5, 5.41) is 4.11. The molecular formula is C16H12BrCl4NO2. The number of halogens is 5. The molecule has 2 aromatic rings. The van der Waals surface area contributed by atoms with Crippen molar-refractivity contribution in [1.29, 1.82) is 0 Å². The molecule has 0 atom stereocenters. The fraction of sp³-hybridized carbons (Fsp3) is 0.188. The molecule has 0 spiro atoms. The second-order valence-corrected chi connectivity index (χ2v) is 7.44. The van der Waals surface area contributed by atoms with Gasteiger partial charge in [0, 0.05) is 9.50 Å². The van der Waals surface area contributed by atoms with Gasteiger partial charge in [0.1, 0.15) is 0 Å². The summed E-state index contributed by atoms with van der Waals surface area (Å²) in [6.45, 7) is 3.23. The molecule has 1 amide bonds. The number of amides is 1. The molecule has 0 unspecified atom stereocenters. The van der Waals surface area contributed by atoms with Crippen molar-refractivity contribution in [3.05, 3.63) is 53.9 Å². The van der Waals surface area contributed by atoms with Gasteiger partial charge in [-0.15, -0.1) is 0 Å². The van der Waals surface area contributed by atoms with Gasteiger partial charge in [-0.3, -0.25) is 4.79 Å². The molecule has 0 heterocycles. The van der Waals surface area contributed by atoms with Crippen LogP contribution in [-0.2, 0) is 4.79 Å². The minimum absolute atomic E-state index is 0.231. The smallest absolute Gasteiger partial charge is 0.262 e. The molecule has 0 aliphatic rings. The van der Waals surface area contributed by atoms with Gasteiger partial charge in [0.15, 0.2) is 12.4 Å². The molecule has 128 valence electrons. The zero-order valence-electron chi connectivity index (χ0n) is 12.6. The van der Waals surface area contributed by atoms with Gasteiger partial charge in [-0.2, -0.15) is 0 Å². The number of carbonyl (C=O) groups excluding carboxylic acids is 1. The van der Waals surface area contributed by atoms with E-state index in [1.54, 1.807) is 32.0 Å². The Bertz CT molecular complexity index is 782. The second kappa shape index (κ2) is 8.15. The van der Waals surface area contributed by atoms with Crippen LogP contribution in [0, 0.1) is 13.8 Å². The van der Waals surface area contributed by atoms with Crippen LogP contribution in [-0.4, -0.2) is 12.5 Å². The maximum Gasteiger partial charge on any atom is 0.262 e. The van der Waals surface area contributed by atoms with Crippen molar-refractivity contribution in [1.82, 2.24) is 0 Å². The van der Waals surface area contributed by atoms with Crippen LogP contribution in [0.15, 0.2) is 22.7 Å². The number of nitrogens with one attached hydrogen (secondary N) is 1. The molecule has 1 N–H and O–H groups in total. The summed E-state index contributed by atoms with van der Waals surface area (Å²) < 4.78 is 6.31. The number of hydrogen-bond donors (Lipinski definition) is 1. The van der Waals surface area contributed by atoms with E-state index in [2.05, 4.69) is 21.2 Å². The number of carbonyl (C=O) groups is 1. The normalized spacial score (nSPS) is 10.6. The minimum atomic E-state index is -0.392. The van der Waals surface area contributed by atoms with Crippen molar-refractivity contribution >= 4 is 73.9 Å². The van der Waals surface area contributed by atoms with Crippen molar-refractivity contribution in [2.75, 3.05) is 11.9 Å². The average Bonchev–Trinajstić information content (AvgIpc) is 2.53. The maximum absolute atomic E-state index is 12.1. The summed E-state index contributed by atoms with van der Waals surface area (Å²) in [7, 11) is 0. The highest BCUT2D eigenvalue weighted by Gasteiger charge is 2.18. The average molecular weight is 472 g/mol. The van der Waals surface area contributed by atoms with E-state index in [1.165, 1.54) is 0 Å². The van der Waals surface area contributed by atoms with Crippen LogP contribution in [0.3, 0.4) is 0 Å². The van der Waals surface area contributed by atoms with Crippen molar-refractivity contribution < 1.29 is 9.53 Å². The lowest BCUT2D eigenvalue weighted by Gasteiger charge is -2.15. The molecule has 2 aromatic carbocycles. The van der Waals surface area contributed by atoms with E-state index in [0.717, 1.165) is 4.47 Å². The third-order valence-corrected chi connectivity index (χ3v) is 5.55. The highest BCUT2D eigenvalue weighted by Crippen LogP contribution is 2.42. The summed E-state index contributed by atoms with van der Waals surface area (Å²) in [5.74, 6) is -0.161. The second-order valence-electron chi connectivity index (χ2n) is 4.98. The van der Waals surface area contributed by atoms with Crippen molar-refractivity contribution in [2.24, 2.45) is 0 Å². The van der Waals surface area contributed by atoms with Gasteiger partial charge in [-0.05, 0) is 43.2 Å². The molecule has 0 bridgehead atoms. The van der Waals surface area contributed by atoms with Crippen LogP contribution in [0.5, 0.6) is 5.75 Å². The monoisotopic (exact) mass is 469 g/mol. The quantitative estimate of drug-likeness (QED) is 0.539. The van der Waals surface area contributed by atoms with Crippen molar-refractivity contribution in [3.63, 3.8) is 0 Å². The van der Waals surface area contributed by atoms with Gasteiger partial charge < -0.3 is 10.1 Å². The van der Waals surface area contributed by atoms with Crippen LogP contribution < -0.4 is 10.1 Å². The van der Waals surface area contributed by atoms with Crippen molar-refractivity contribution in [2.45, 2.75) is 13.8 Å². The predicted molar refractivity (Wildman–Crippen MR) is 104 cm³/mol. The van der Waals surface area contributed by atoms with Gasteiger partial charge in [0.05, 0.1) is 20.8 Å². The Morgan fingerprint density at radius 2 is 1.67 bits per heavy atom. The summed E-state index contributed by atoms with van der Waals surface area (Å²) in [6.07, 6.45) is 0. The van der Waals surface area contributed by atoms with Gasteiger partial charge in [0.25, 0.3) is 5.91 Å². The molecule has 0 fully saturated rings. The molecule has 0 saturated carbocycles. The maximum atomic E-state index is 12.1.